The maximum Gasteiger partial charge on any atom is 0.0404 e. The van der Waals surface area contributed by atoms with Crippen molar-refractivity contribution in [1.82, 2.24) is 5.32 Å². The third-order valence-electron chi connectivity index (χ3n) is 2.17. The molecule has 15 heavy (non-hydrogen) atoms. The van der Waals surface area contributed by atoms with E-state index in [1.165, 1.54) is 5.56 Å². The van der Waals surface area contributed by atoms with Crippen LogP contribution in [0.15, 0.2) is 40.9 Å². The maximum absolute atomic E-state index is 5.53. The monoisotopic (exact) mass is 287 g/mol. The first-order chi connectivity index (χ1) is 7.24. The summed E-state index contributed by atoms with van der Waals surface area (Å²) < 4.78 is 1.11. The van der Waals surface area contributed by atoms with Crippen molar-refractivity contribution in [3.05, 3.63) is 46.5 Å². The van der Waals surface area contributed by atoms with Gasteiger partial charge in [0.05, 0.1) is 0 Å². The summed E-state index contributed by atoms with van der Waals surface area (Å²) in [6.45, 7) is 3.00. The molecule has 1 rings (SSSR count). The van der Waals surface area contributed by atoms with Crippen LogP contribution in [0.2, 0.25) is 0 Å². The van der Waals surface area contributed by atoms with E-state index in [1.54, 1.807) is 0 Å². The molecular weight excluding hydrogens is 273 g/mol. The van der Waals surface area contributed by atoms with Gasteiger partial charge in [0.25, 0.3) is 0 Å². The van der Waals surface area contributed by atoms with Gasteiger partial charge in [-0.05, 0) is 24.6 Å². The van der Waals surface area contributed by atoms with Crippen LogP contribution in [0.4, 0.5) is 0 Å². The highest BCUT2D eigenvalue weighted by Gasteiger charge is 2.02. The summed E-state index contributed by atoms with van der Waals surface area (Å²) in [4.78, 5) is 0. The standard InChI is InChI=1S/C12H15BrClN/c1-10(15-9-3-2-8-14)11-4-6-12(13)7-5-11/h2-7,10,15H,8-9H2,1H3/b3-2+/t10-/m1/s1. The van der Waals surface area contributed by atoms with Crippen molar-refractivity contribution in [3.8, 4) is 0 Å². The fraction of sp³-hybridized carbons (Fsp3) is 0.333. The Kier molecular flexibility index (Phi) is 5.99. The molecule has 0 aliphatic carbocycles. The van der Waals surface area contributed by atoms with Gasteiger partial charge in [-0.3, -0.25) is 0 Å². The van der Waals surface area contributed by atoms with E-state index in [2.05, 4.69) is 52.4 Å². The third-order valence-corrected chi connectivity index (χ3v) is 2.87. The summed E-state index contributed by atoms with van der Waals surface area (Å²) in [7, 11) is 0. The Morgan fingerprint density at radius 1 is 1.33 bits per heavy atom. The molecule has 3 heteroatoms. The van der Waals surface area contributed by atoms with E-state index in [0.29, 0.717) is 11.9 Å². The molecule has 1 atom stereocenters. The van der Waals surface area contributed by atoms with Gasteiger partial charge < -0.3 is 5.32 Å². The lowest BCUT2D eigenvalue weighted by molar-refractivity contribution is 0.617. The van der Waals surface area contributed by atoms with E-state index in [-0.39, 0.29) is 0 Å². The van der Waals surface area contributed by atoms with Crippen LogP contribution in [0, 0.1) is 0 Å². The lowest BCUT2D eigenvalue weighted by Gasteiger charge is -2.12. The van der Waals surface area contributed by atoms with Gasteiger partial charge in [-0.1, -0.05) is 40.2 Å². The molecule has 1 nitrogen and oxygen atoms in total. The van der Waals surface area contributed by atoms with Crippen molar-refractivity contribution in [2.24, 2.45) is 0 Å². The summed E-state index contributed by atoms with van der Waals surface area (Å²) in [5.41, 5.74) is 1.29. The molecule has 82 valence electrons. The molecule has 0 saturated heterocycles. The van der Waals surface area contributed by atoms with Crippen molar-refractivity contribution in [2.75, 3.05) is 12.4 Å². The zero-order chi connectivity index (χ0) is 11.1. The quantitative estimate of drug-likeness (QED) is 0.640. The summed E-state index contributed by atoms with van der Waals surface area (Å²) >= 11 is 8.95. The fourth-order valence-corrected chi connectivity index (χ4v) is 1.65. The second-order valence-corrected chi connectivity index (χ2v) is 4.53. The highest BCUT2D eigenvalue weighted by Crippen LogP contribution is 2.16. The number of benzene rings is 1. The lowest BCUT2D eigenvalue weighted by atomic mass is 10.1. The molecule has 1 N–H and O–H groups in total. The van der Waals surface area contributed by atoms with E-state index >= 15 is 0 Å². The van der Waals surface area contributed by atoms with Crippen molar-refractivity contribution in [2.45, 2.75) is 13.0 Å². The topological polar surface area (TPSA) is 12.0 Å². The molecule has 1 aromatic rings. The highest BCUT2D eigenvalue weighted by molar-refractivity contribution is 9.10. The highest BCUT2D eigenvalue weighted by atomic mass is 79.9. The molecule has 0 aliphatic rings. The van der Waals surface area contributed by atoms with E-state index in [1.807, 2.05) is 12.2 Å². The minimum absolute atomic E-state index is 0.359. The number of hydrogen-bond acceptors (Lipinski definition) is 1. The fourth-order valence-electron chi connectivity index (χ4n) is 1.26. The number of rotatable bonds is 5. The van der Waals surface area contributed by atoms with Gasteiger partial charge in [-0.25, -0.2) is 0 Å². The SMILES string of the molecule is C[C@@H](NC/C=C/CCl)c1ccc(Br)cc1. The predicted molar refractivity (Wildman–Crippen MR) is 70.4 cm³/mol. The lowest BCUT2D eigenvalue weighted by Crippen LogP contribution is -2.18. The molecule has 0 heterocycles. The summed E-state index contributed by atoms with van der Waals surface area (Å²) in [5, 5.41) is 3.39. The first-order valence-corrected chi connectivity index (χ1v) is 6.26. The molecule has 0 fully saturated rings. The largest absolute Gasteiger partial charge is 0.307 e. The molecule has 1 aromatic carbocycles. The second-order valence-electron chi connectivity index (χ2n) is 3.31. The van der Waals surface area contributed by atoms with E-state index in [4.69, 9.17) is 11.6 Å². The van der Waals surface area contributed by atoms with Crippen molar-refractivity contribution < 1.29 is 0 Å². The number of nitrogens with one attached hydrogen (secondary N) is 1. The normalized spacial score (nSPS) is 13.3. The van der Waals surface area contributed by atoms with Crippen LogP contribution in [-0.4, -0.2) is 12.4 Å². The number of halogens is 2. The Hall–Kier alpha value is -0.310. The summed E-state index contributed by atoms with van der Waals surface area (Å²) in [6, 6.07) is 8.71. The van der Waals surface area contributed by atoms with Gasteiger partial charge in [-0.2, -0.15) is 0 Å². The average Bonchev–Trinajstić information content (AvgIpc) is 2.25. The minimum atomic E-state index is 0.359. The Morgan fingerprint density at radius 2 is 2.00 bits per heavy atom. The van der Waals surface area contributed by atoms with E-state index in [9.17, 15) is 0 Å². The number of alkyl halides is 1. The molecule has 0 radical (unpaired) electrons. The molecule has 0 saturated carbocycles. The molecule has 0 bridgehead atoms. The first-order valence-electron chi connectivity index (χ1n) is 4.94. The Bertz CT molecular complexity index is 308. The van der Waals surface area contributed by atoms with Crippen LogP contribution in [0.3, 0.4) is 0 Å². The average molecular weight is 289 g/mol. The zero-order valence-corrected chi connectivity index (χ0v) is 11.1. The van der Waals surface area contributed by atoms with Crippen LogP contribution in [-0.2, 0) is 0 Å². The predicted octanol–water partition coefficient (Wildman–Crippen LogP) is 3.89. The number of allylic oxidation sites excluding steroid dienone is 1. The van der Waals surface area contributed by atoms with E-state index < -0.39 is 0 Å². The van der Waals surface area contributed by atoms with Crippen molar-refractivity contribution in [3.63, 3.8) is 0 Å². The van der Waals surface area contributed by atoms with Gasteiger partial charge in [0.2, 0.25) is 0 Å². The van der Waals surface area contributed by atoms with Crippen LogP contribution >= 0.6 is 27.5 Å². The molecule has 0 amide bonds. The zero-order valence-electron chi connectivity index (χ0n) is 8.71. The first kappa shape index (κ1) is 12.8. The summed E-state index contributed by atoms with van der Waals surface area (Å²) in [6.07, 6.45) is 3.99. The van der Waals surface area contributed by atoms with Gasteiger partial charge in [0, 0.05) is 22.9 Å². The maximum atomic E-state index is 5.53. The van der Waals surface area contributed by atoms with Crippen LogP contribution in [0.25, 0.3) is 0 Å². The van der Waals surface area contributed by atoms with Crippen LogP contribution in [0.5, 0.6) is 0 Å². The third kappa shape index (κ3) is 4.83. The Labute approximate surface area is 105 Å². The van der Waals surface area contributed by atoms with Gasteiger partial charge in [-0.15, -0.1) is 11.6 Å². The molecule has 0 aliphatic heterocycles. The minimum Gasteiger partial charge on any atom is -0.307 e. The van der Waals surface area contributed by atoms with Crippen molar-refractivity contribution >= 4 is 27.5 Å². The molecule has 0 unspecified atom stereocenters. The second kappa shape index (κ2) is 7.04. The van der Waals surface area contributed by atoms with Crippen LogP contribution in [0.1, 0.15) is 18.5 Å². The van der Waals surface area contributed by atoms with E-state index in [0.717, 1.165) is 11.0 Å². The summed E-state index contributed by atoms with van der Waals surface area (Å²) in [5.74, 6) is 0.578. The molecule has 0 spiro atoms. The molecular formula is C12H15BrClN. The van der Waals surface area contributed by atoms with Crippen molar-refractivity contribution in [1.29, 1.82) is 0 Å². The smallest absolute Gasteiger partial charge is 0.0404 e. The van der Waals surface area contributed by atoms with Crippen LogP contribution < -0.4 is 5.32 Å². The van der Waals surface area contributed by atoms with Gasteiger partial charge >= 0.3 is 0 Å². The Morgan fingerprint density at radius 3 is 2.60 bits per heavy atom. The number of hydrogen-bond donors (Lipinski definition) is 1. The Balaban J connectivity index is 2.43. The molecule has 0 aromatic heterocycles. The van der Waals surface area contributed by atoms with Gasteiger partial charge in [0.15, 0.2) is 0 Å². The van der Waals surface area contributed by atoms with Gasteiger partial charge in [0.1, 0.15) is 0 Å².